The Labute approximate surface area is 71.2 Å². The van der Waals surface area contributed by atoms with E-state index in [1.54, 1.807) is 0 Å². The maximum Gasteiger partial charge on any atom is 0.253 e. The zero-order valence-electron chi connectivity index (χ0n) is 7.04. The minimum atomic E-state index is -0.198. The van der Waals surface area contributed by atoms with E-state index in [9.17, 15) is 9.59 Å². The fourth-order valence-electron chi connectivity index (χ4n) is 1.07. The van der Waals surface area contributed by atoms with Gasteiger partial charge in [0.25, 0.3) is 11.8 Å². The van der Waals surface area contributed by atoms with E-state index in [1.807, 2.05) is 7.05 Å². The van der Waals surface area contributed by atoms with Crippen molar-refractivity contribution in [1.29, 1.82) is 0 Å². The zero-order chi connectivity index (χ0) is 8.97. The van der Waals surface area contributed by atoms with Gasteiger partial charge in [-0.15, -0.1) is 0 Å². The number of hydrogen-bond donors (Lipinski definition) is 1. The lowest BCUT2D eigenvalue weighted by Crippen LogP contribution is -2.32. The highest BCUT2D eigenvalue weighted by atomic mass is 16.2. The Morgan fingerprint density at radius 3 is 2.42 bits per heavy atom. The molecule has 1 heterocycles. The Balaban J connectivity index is 2.33. The average Bonchev–Trinajstić information content (AvgIpc) is 2.35. The second kappa shape index (κ2) is 4.01. The van der Waals surface area contributed by atoms with Crippen molar-refractivity contribution in [2.45, 2.75) is 6.42 Å². The predicted molar refractivity (Wildman–Crippen MR) is 44.4 cm³/mol. The quantitative estimate of drug-likeness (QED) is 0.455. The molecule has 1 aliphatic rings. The number of rotatable bonds is 4. The second-order valence-electron chi connectivity index (χ2n) is 2.62. The van der Waals surface area contributed by atoms with E-state index >= 15 is 0 Å². The van der Waals surface area contributed by atoms with Crippen LogP contribution >= 0.6 is 0 Å². The lowest BCUT2D eigenvalue weighted by Gasteiger charge is -2.12. The molecular weight excluding hydrogens is 156 g/mol. The molecule has 0 spiro atoms. The first kappa shape index (κ1) is 8.93. The van der Waals surface area contributed by atoms with Crippen LogP contribution in [0.5, 0.6) is 0 Å². The molecule has 0 saturated carbocycles. The summed E-state index contributed by atoms with van der Waals surface area (Å²) in [4.78, 5) is 23.2. The van der Waals surface area contributed by atoms with Gasteiger partial charge >= 0.3 is 0 Å². The minimum absolute atomic E-state index is 0.198. The van der Waals surface area contributed by atoms with Gasteiger partial charge in [0, 0.05) is 18.7 Å². The summed E-state index contributed by atoms with van der Waals surface area (Å²) in [5, 5.41) is 2.95. The third kappa shape index (κ3) is 1.92. The topological polar surface area (TPSA) is 49.4 Å². The highest BCUT2D eigenvalue weighted by Crippen LogP contribution is 2.03. The van der Waals surface area contributed by atoms with Crippen molar-refractivity contribution in [3.05, 3.63) is 12.2 Å². The summed E-state index contributed by atoms with van der Waals surface area (Å²) in [5.74, 6) is -0.396. The Morgan fingerprint density at radius 1 is 1.33 bits per heavy atom. The van der Waals surface area contributed by atoms with Gasteiger partial charge in [0.2, 0.25) is 0 Å². The van der Waals surface area contributed by atoms with Gasteiger partial charge in [0.15, 0.2) is 0 Å². The normalized spacial score (nSPS) is 16.2. The van der Waals surface area contributed by atoms with Crippen LogP contribution in [0.25, 0.3) is 0 Å². The fraction of sp³-hybridized carbons (Fsp3) is 0.500. The molecule has 0 bridgehead atoms. The zero-order valence-corrected chi connectivity index (χ0v) is 7.04. The van der Waals surface area contributed by atoms with E-state index in [0.29, 0.717) is 6.54 Å². The number of hydrogen-bond acceptors (Lipinski definition) is 3. The maximum atomic E-state index is 11.0. The molecule has 0 aliphatic carbocycles. The third-order valence-corrected chi connectivity index (χ3v) is 1.71. The van der Waals surface area contributed by atoms with Crippen LogP contribution in [0.3, 0.4) is 0 Å². The van der Waals surface area contributed by atoms with Crippen molar-refractivity contribution < 1.29 is 9.59 Å². The van der Waals surface area contributed by atoms with E-state index in [4.69, 9.17) is 0 Å². The monoisotopic (exact) mass is 168 g/mol. The largest absolute Gasteiger partial charge is 0.320 e. The molecule has 12 heavy (non-hydrogen) atoms. The van der Waals surface area contributed by atoms with Gasteiger partial charge in [-0.25, -0.2) is 0 Å². The maximum absolute atomic E-state index is 11.0. The van der Waals surface area contributed by atoms with Gasteiger partial charge in [-0.3, -0.25) is 14.5 Å². The van der Waals surface area contributed by atoms with Crippen LogP contribution in [0.2, 0.25) is 0 Å². The highest BCUT2D eigenvalue weighted by molar-refractivity contribution is 6.12. The molecule has 0 aromatic heterocycles. The third-order valence-electron chi connectivity index (χ3n) is 1.71. The van der Waals surface area contributed by atoms with Crippen molar-refractivity contribution in [3.8, 4) is 0 Å². The summed E-state index contributed by atoms with van der Waals surface area (Å²) in [6.45, 7) is 1.32. The number of carbonyl (C=O) groups excluding carboxylic acids is 2. The molecule has 0 saturated heterocycles. The first-order valence-electron chi connectivity index (χ1n) is 3.94. The standard InChI is InChI=1S/C8H12N2O2/c1-9-5-2-6-10-7(11)3-4-8(10)12/h3-4,9H,2,5-6H2,1H3. The van der Waals surface area contributed by atoms with Crippen LogP contribution in [-0.4, -0.2) is 36.9 Å². The molecule has 4 heteroatoms. The first-order chi connectivity index (χ1) is 5.75. The van der Waals surface area contributed by atoms with E-state index < -0.39 is 0 Å². The Hall–Kier alpha value is -1.16. The second-order valence-corrected chi connectivity index (χ2v) is 2.62. The summed E-state index contributed by atoms with van der Waals surface area (Å²) in [7, 11) is 1.84. The van der Waals surface area contributed by atoms with E-state index in [0.717, 1.165) is 13.0 Å². The SMILES string of the molecule is CNCCCN1C(=O)C=CC1=O. The van der Waals surface area contributed by atoms with Gasteiger partial charge in [0.1, 0.15) is 0 Å². The van der Waals surface area contributed by atoms with Crippen molar-refractivity contribution in [3.63, 3.8) is 0 Å². The Morgan fingerprint density at radius 2 is 1.92 bits per heavy atom. The van der Waals surface area contributed by atoms with Gasteiger partial charge in [0.05, 0.1) is 0 Å². The average molecular weight is 168 g/mol. The van der Waals surface area contributed by atoms with Crippen molar-refractivity contribution in [1.82, 2.24) is 10.2 Å². The summed E-state index contributed by atoms with van der Waals surface area (Å²) >= 11 is 0. The molecule has 1 rings (SSSR count). The van der Waals surface area contributed by atoms with E-state index in [2.05, 4.69) is 5.32 Å². The number of imide groups is 1. The van der Waals surface area contributed by atoms with Gasteiger partial charge in [-0.05, 0) is 20.0 Å². The number of nitrogens with one attached hydrogen (secondary N) is 1. The summed E-state index contributed by atoms with van der Waals surface area (Å²) in [6.07, 6.45) is 3.42. The van der Waals surface area contributed by atoms with E-state index in [-0.39, 0.29) is 11.8 Å². The van der Waals surface area contributed by atoms with Crippen LogP contribution < -0.4 is 5.32 Å². The van der Waals surface area contributed by atoms with Crippen LogP contribution in [0.1, 0.15) is 6.42 Å². The van der Waals surface area contributed by atoms with Crippen molar-refractivity contribution >= 4 is 11.8 Å². The van der Waals surface area contributed by atoms with Crippen LogP contribution in [-0.2, 0) is 9.59 Å². The van der Waals surface area contributed by atoms with Crippen LogP contribution in [0.4, 0.5) is 0 Å². The molecule has 66 valence electrons. The van der Waals surface area contributed by atoms with Crippen molar-refractivity contribution in [2.75, 3.05) is 20.1 Å². The molecule has 0 aromatic carbocycles. The highest BCUT2D eigenvalue weighted by Gasteiger charge is 2.21. The number of nitrogens with zero attached hydrogens (tertiary/aromatic N) is 1. The van der Waals surface area contributed by atoms with Crippen LogP contribution in [0.15, 0.2) is 12.2 Å². The predicted octanol–water partition coefficient (Wildman–Crippen LogP) is -0.479. The van der Waals surface area contributed by atoms with E-state index in [1.165, 1.54) is 17.1 Å². The fourth-order valence-corrected chi connectivity index (χ4v) is 1.07. The Bertz CT molecular complexity index is 205. The Kier molecular flexibility index (Phi) is 2.99. The molecule has 0 aromatic rings. The smallest absolute Gasteiger partial charge is 0.253 e. The molecule has 0 atom stereocenters. The molecule has 0 fully saturated rings. The molecule has 0 unspecified atom stereocenters. The lowest BCUT2D eigenvalue weighted by molar-refractivity contribution is -0.136. The summed E-state index contributed by atoms with van der Waals surface area (Å²) in [6, 6.07) is 0. The molecule has 1 N–H and O–H groups in total. The van der Waals surface area contributed by atoms with Crippen molar-refractivity contribution in [2.24, 2.45) is 0 Å². The van der Waals surface area contributed by atoms with Gasteiger partial charge in [-0.1, -0.05) is 0 Å². The molecular formula is C8H12N2O2. The van der Waals surface area contributed by atoms with Gasteiger partial charge < -0.3 is 5.32 Å². The minimum Gasteiger partial charge on any atom is -0.320 e. The molecule has 0 radical (unpaired) electrons. The number of carbonyl (C=O) groups is 2. The lowest BCUT2D eigenvalue weighted by atomic mass is 10.4. The molecule has 4 nitrogen and oxygen atoms in total. The van der Waals surface area contributed by atoms with Gasteiger partial charge in [-0.2, -0.15) is 0 Å². The van der Waals surface area contributed by atoms with Crippen LogP contribution in [0, 0.1) is 0 Å². The number of amides is 2. The summed E-state index contributed by atoms with van der Waals surface area (Å²) < 4.78 is 0. The molecule has 2 amide bonds. The molecule has 1 aliphatic heterocycles. The summed E-state index contributed by atoms with van der Waals surface area (Å²) in [5.41, 5.74) is 0. The first-order valence-corrected chi connectivity index (χ1v) is 3.94.